The van der Waals surface area contributed by atoms with E-state index in [0.717, 1.165) is 31.6 Å². The molecule has 0 bridgehead atoms. The summed E-state index contributed by atoms with van der Waals surface area (Å²) in [5.74, 6) is 0.743. The molecule has 0 saturated carbocycles. The largest absolute Gasteiger partial charge is 0.368 e. The van der Waals surface area contributed by atoms with Crippen LogP contribution in [0.3, 0.4) is 0 Å². The number of anilines is 1. The van der Waals surface area contributed by atoms with Crippen molar-refractivity contribution in [3.8, 4) is 6.07 Å². The number of nitrogens with zero attached hydrogens (tertiary/aromatic N) is 3. The maximum Gasteiger partial charge on any atom is 0.224 e. The maximum absolute atomic E-state index is 11.9. The highest BCUT2D eigenvalue weighted by Crippen LogP contribution is 2.13. The Balaban J connectivity index is 1.87. The van der Waals surface area contributed by atoms with E-state index in [0.29, 0.717) is 24.3 Å². The fourth-order valence-corrected chi connectivity index (χ4v) is 2.19. The predicted molar refractivity (Wildman–Crippen MR) is 72.6 cm³/mol. The molecule has 0 atom stereocenters. The van der Waals surface area contributed by atoms with E-state index in [-0.39, 0.29) is 5.91 Å². The number of pyridine rings is 1. The number of hydrogen-bond donors (Lipinski definition) is 1. The first-order chi connectivity index (χ1) is 9.20. The fourth-order valence-electron chi connectivity index (χ4n) is 2.19. The lowest BCUT2D eigenvalue weighted by Crippen LogP contribution is -2.29. The first-order valence-corrected chi connectivity index (χ1v) is 6.60. The number of amides is 1. The Morgan fingerprint density at radius 3 is 2.89 bits per heavy atom. The predicted octanol–water partition coefficient (Wildman–Crippen LogP) is 1.69. The van der Waals surface area contributed by atoms with Crippen LogP contribution in [0.5, 0.6) is 0 Å². The van der Waals surface area contributed by atoms with Crippen molar-refractivity contribution < 1.29 is 4.79 Å². The third-order valence-corrected chi connectivity index (χ3v) is 3.25. The molecule has 2 rings (SSSR count). The van der Waals surface area contributed by atoms with E-state index in [1.54, 1.807) is 12.1 Å². The molecule has 0 radical (unpaired) electrons. The van der Waals surface area contributed by atoms with Gasteiger partial charge >= 0.3 is 0 Å². The first kappa shape index (κ1) is 13.3. The summed E-state index contributed by atoms with van der Waals surface area (Å²) in [6, 6.07) is 5.64. The average molecular weight is 258 g/mol. The van der Waals surface area contributed by atoms with E-state index >= 15 is 0 Å². The monoisotopic (exact) mass is 258 g/mol. The molecule has 100 valence electrons. The molecule has 1 N–H and O–H groups in total. The number of nitriles is 1. The number of aryl methyl sites for hydroxylation is 1. The second-order valence-electron chi connectivity index (χ2n) is 4.73. The van der Waals surface area contributed by atoms with Crippen LogP contribution >= 0.6 is 0 Å². The van der Waals surface area contributed by atoms with Crippen molar-refractivity contribution in [1.29, 1.82) is 5.26 Å². The van der Waals surface area contributed by atoms with E-state index in [2.05, 4.69) is 16.4 Å². The number of nitrogens with one attached hydrogen (secondary N) is 1. The molecule has 1 aliphatic rings. The molecule has 5 nitrogen and oxygen atoms in total. The third-order valence-electron chi connectivity index (χ3n) is 3.25. The molecule has 19 heavy (non-hydrogen) atoms. The van der Waals surface area contributed by atoms with Gasteiger partial charge in [-0.1, -0.05) is 0 Å². The van der Waals surface area contributed by atoms with Crippen molar-refractivity contribution in [2.75, 3.05) is 25.0 Å². The van der Waals surface area contributed by atoms with Gasteiger partial charge in [-0.05, 0) is 31.9 Å². The Hall–Kier alpha value is -2.09. The zero-order valence-corrected chi connectivity index (χ0v) is 11.1. The zero-order valence-electron chi connectivity index (χ0n) is 11.1. The molecule has 1 amide bonds. The second-order valence-corrected chi connectivity index (χ2v) is 4.73. The summed E-state index contributed by atoms with van der Waals surface area (Å²) in [4.78, 5) is 18.0. The fraction of sp³-hybridized carbons (Fsp3) is 0.500. The average Bonchev–Trinajstić information content (AvgIpc) is 2.93. The van der Waals surface area contributed by atoms with Crippen molar-refractivity contribution in [3.05, 3.63) is 23.4 Å². The number of carbonyl (C=O) groups excluding carboxylic acids is 1. The Kier molecular flexibility index (Phi) is 4.35. The minimum atomic E-state index is 0.177. The van der Waals surface area contributed by atoms with E-state index < -0.39 is 0 Å². The SMILES string of the molecule is Cc1ccc(C#N)c(NCCC(=O)N2CCCC2)n1. The summed E-state index contributed by atoms with van der Waals surface area (Å²) in [5.41, 5.74) is 1.37. The van der Waals surface area contributed by atoms with Crippen LogP contribution in [0.25, 0.3) is 0 Å². The van der Waals surface area contributed by atoms with Gasteiger partial charge in [0.1, 0.15) is 11.9 Å². The second kappa shape index (κ2) is 6.19. The Morgan fingerprint density at radius 1 is 1.47 bits per heavy atom. The standard InChI is InChI=1S/C14H18N4O/c1-11-4-5-12(10-15)14(17-11)16-7-6-13(19)18-8-2-3-9-18/h4-5H,2-3,6-9H2,1H3,(H,16,17). The normalized spacial score (nSPS) is 14.2. The van der Waals surface area contributed by atoms with Gasteiger partial charge in [0.25, 0.3) is 0 Å². The first-order valence-electron chi connectivity index (χ1n) is 6.60. The highest BCUT2D eigenvalue weighted by molar-refractivity contribution is 5.77. The lowest BCUT2D eigenvalue weighted by Gasteiger charge is -2.15. The summed E-state index contributed by atoms with van der Waals surface area (Å²) in [6.45, 7) is 4.15. The smallest absolute Gasteiger partial charge is 0.224 e. The molecule has 1 aromatic rings. The van der Waals surface area contributed by atoms with Crippen LogP contribution in [0.2, 0.25) is 0 Å². The number of likely N-dealkylation sites (tertiary alicyclic amines) is 1. The van der Waals surface area contributed by atoms with Crippen molar-refractivity contribution in [3.63, 3.8) is 0 Å². The van der Waals surface area contributed by atoms with E-state index in [4.69, 9.17) is 5.26 Å². The third kappa shape index (κ3) is 3.44. The van der Waals surface area contributed by atoms with Crippen molar-refractivity contribution in [2.45, 2.75) is 26.2 Å². The summed E-state index contributed by atoms with van der Waals surface area (Å²) >= 11 is 0. The van der Waals surface area contributed by atoms with Crippen LogP contribution in [0.15, 0.2) is 12.1 Å². The van der Waals surface area contributed by atoms with Crippen molar-refractivity contribution >= 4 is 11.7 Å². The van der Waals surface area contributed by atoms with Gasteiger partial charge in [-0.3, -0.25) is 4.79 Å². The van der Waals surface area contributed by atoms with Crippen LogP contribution < -0.4 is 5.32 Å². The lowest BCUT2D eigenvalue weighted by molar-refractivity contribution is -0.129. The molecule has 1 saturated heterocycles. The Labute approximate surface area is 113 Å². The lowest BCUT2D eigenvalue weighted by atomic mass is 10.2. The Bertz CT molecular complexity index is 501. The minimum Gasteiger partial charge on any atom is -0.368 e. The minimum absolute atomic E-state index is 0.177. The zero-order chi connectivity index (χ0) is 13.7. The van der Waals surface area contributed by atoms with Crippen LogP contribution in [-0.4, -0.2) is 35.4 Å². The van der Waals surface area contributed by atoms with Crippen molar-refractivity contribution in [1.82, 2.24) is 9.88 Å². The number of carbonyl (C=O) groups is 1. The summed E-state index contributed by atoms with van der Waals surface area (Å²) in [5, 5.41) is 12.1. The van der Waals surface area contributed by atoms with E-state index in [9.17, 15) is 4.79 Å². The van der Waals surface area contributed by atoms with Gasteiger partial charge < -0.3 is 10.2 Å². The molecule has 5 heteroatoms. The van der Waals surface area contributed by atoms with Gasteiger partial charge in [-0.15, -0.1) is 0 Å². The van der Waals surface area contributed by atoms with Gasteiger partial charge in [0, 0.05) is 31.7 Å². The van der Waals surface area contributed by atoms with Gasteiger partial charge in [0.05, 0.1) is 5.56 Å². The van der Waals surface area contributed by atoms with Crippen LogP contribution in [-0.2, 0) is 4.79 Å². The Morgan fingerprint density at radius 2 is 2.21 bits per heavy atom. The van der Waals surface area contributed by atoms with Crippen LogP contribution in [0.4, 0.5) is 5.82 Å². The number of rotatable bonds is 4. The molecular formula is C14H18N4O. The molecule has 2 heterocycles. The highest BCUT2D eigenvalue weighted by atomic mass is 16.2. The molecule has 1 fully saturated rings. The summed E-state index contributed by atoms with van der Waals surface area (Å²) in [7, 11) is 0. The summed E-state index contributed by atoms with van der Waals surface area (Å²) < 4.78 is 0. The van der Waals surface area contributed by atoms with Crippen LogP contribution in [0.1, 0.15) is 30.5 Å². The van der Waals surface area contributed by atoms with E-state index in [1.807, 2.05) is 11.8 Å². The molecule has 0 aliphatic carbocycles. The molecule has 1 aliphatic heterocycles. The number of hydrogen-bond acceptors (Lipinski definition) is 4. The van der Waals surface area contributed by atoms with Gasteiger partial charge in [-0.25, -0.2) is 4.98 Å². The van der Waals surface area contributed by atoms with Gasteiger partial charge in [0.2, 0.25) is 5.91 Å². The molecule has 1 aromatic heterocycles. The maximum atomic E-state index is 11.9. The van der Waals surface area contributed by atoms with E-state index in [1.165, 1.54) is 0 Å². The van der Waals surface area contributed by atoms with Gasteiger partial charge in [0.15, 0.2) is 0 Å². The van der Waals surface area contributed by atoms with Crippen LogP contribution in [0, 0.1) is 18.3 Å². The van der Waals surface area contributed by atoms with Crippen molar-refractivity contribution in [2.24, 2.45) is 0 Å². The molecular weight excluding hydrogens is 240 g/mol. The molecule has 0 spiro atoms. The number of aromatic nitrogens is 1. The summed E-state index contributed by atoms with van der Waals surface area (Å²) in [6.07, 6.45) is 2.66. The highest BCUT2D eigenvalue weighted by Gasteiger charge is 2.17. The molecule has 0 unspecified atom stereocenters. The quantitative estimate of drug-likeness (QED) is 0.892. The topological polar surface area (TPSA) is 69.0 Å². The van der Waals surface area contributed by atoms with Gasteiger partial charge in [-0.2, -0.15) is 5.26 Å². The molecule has 0 aromatic carbocycles.